The second kappa shape index (κ2) is 14.6. The molecule has 0 aliphatic carbocycles. The summed E-state index contributed by atoms with van der Waals surface area (Å²) < 4.78 is 5.00. The Kier molecular flexibility index (Phi) is 13.2. The molecule has 0 aromatic heterocycles. The van der Waals surface area contributed by atoms with Gasteiger partial charge in [0.05, 0.1) is 13.0 Å². The van der Waals surface area contributed by atoms with Crippen molar-refractivity contribution < 1.29 is 45.3 Å². The van der Waals surface area contributed by atoms with Gasteiger partial charge >= 0.3 is 5.97 Å². The number of aliphatic hydroxyl groups is 6. The van der Waals surface area contributed by atoms with E-state index < -0.39 is 43.3 Å². The number of hydrogen-bond donors (Lipinski definition) is 7. The molecule has 2 unspecified atom stereocenters. The van der Waals surface area contributed by atoms with E-state index in [1.54, 1.807) is 0 Å². The van der Waals surface area contributed by atoms with Crippen LogP contribution in [-0.4, -0.2) is 79.0 Å². The molecule has 0 aliphatic heterocycles. The number of unbranched alkanes of at least 4 members (excludes halogenated alkanes) is 3. The number of aliphatic hydroxyl groups excluding tert-OH is 6. The number of ether oxygens (including phenoxy) is 1. The van der Waals surface area contributed by atoms with Crippen LogP contribution in [0.3, 0.4) is 0 Å². The van der Waals surface area contributed by atoms with E-state index in [4.69, 9.17) is 9.84 Å². The fourth-order valence-electron chi connectivity index (χ4n) is 4.40. The molecule has 1 aromatic carbocycles. The van der Waals surface area contributed by atoms with E-state index in [-0.39, 0.29) is 28.9 Å². The largest absolute Gasteiger partial charge is 0.507 e. The van der Waals surface area contributed by atoms with Crippen molar-refractivity contribution in [1.82, 2.24) is 0 Å². The number of hydrogen-bond acceptors (Lipinski definition) is 9. The van der Waals surface area contributed by atoms with Gasteiger partial charge in [-0.05, 0) is 39.9 Å². The lowest BCUT2D eigenvalue weighted by atomic mass is 9.76. The SMILES string of the molecule is CCCCCCC(CC(=O)OC(O)[C@H](O)[C@@H](O)[C@H](O)[C@H](O)CO)c1cc(C(C)(C)C)c(O)c(C(C)(C)C)c1. The molecule has 9 heteroatoms. The molecule has 0 amide bonds. The summed E-state index contributed by atoms with van der Waals surface area (Å²) in [6, 6.07) is 3.84. The molecule has 6 atom stereocenters. The second-order valence-electron chi connectivity index (χ2n) is 12.3. The van der Waals surface area contributed by atoms with Crippen molar-refractivity contribution in [3.63, 3.8) is 0 Å². The fraction of sp³-hybridized carbons (Fsp3) is 0.759. The molecule has 0 saturated heterocycles. The van der Waals surface area contributed by atoms with Crippen LogP contribution in [0.5, 0.6) is 5.75 Å². The first kappa shape index (κ1) is 34.3. The molecule has 9 nitrogen and oxygen atoms in total. The van der Waals surface area contributed by atoms with Crippen LogP contribution in [0.25, 0.3) is 0 Å². The Morgan fingerprint density at radius 2 is 1.37 bits per heavy atom. The minimum atomic E-state index is -2.16. The molecule has 38 heavy (non-hydrogen) atoms. The van der Waals surface area contributed by atoms with Gasteiger partial charge < -0.3 is 40.5 Å². The van der Waals surface area contributed by atoms with Gasteiger partial charge in [0, 0.05) is 0 Å². The van der Waals surface area contributed by atoms with Crippen molar-refractivity contribution in [1.29, 1.82) is 0 Å². The number of benzene rings is 1. The van der Waals surface area contributed by atoms with Crippen molar-refractivity contribution >= 4 is 5.97 Å². The van der Waals surface area contributed by atoms with E-state index in [1.165, 1.54) is 0 Å². The predicted octanol–water partition coefficient (Wildman–Crippen LogP) is 2.73. The Morgan fingerprint density at radius 1 is 0.842 bits per heavy atom. The van der Waals surface area contributed by atoms with Gasteiger partial charge in [-0.2, -0.15) is 0 Å². The standard InChI is InChI=1S/C29H50O9/c1-8-9-10-11-12-17(15-22(32)38-27(37)26(36)25(35)24(34)21(31)16-30)18-13-19(28(2,3)4)23(33)20(14-18)29(5,6)7/h13-14,17,21,24-27,30-31,33-37H,8-12,15-16H2,1-7H3/t17?,21-,24-,25+,26-,27?/m1/s1. The lowest BCUT2D eigenvalue weighted by Gasteiger charge is -2.30. The summed E-state index contributed by atoms with van der Waals surface area (Å²) in [5.74, 6) is -0.875. The maximum atomic E-state index is 12.9. The van der Waals surface area contributed by atoms with Crippen LogP contribution in [0.2, 0.25) is 0 Å². The van der Waals surface area contributed by atoms with Crippen LogP contribution < -0.4 is 0 Å². The lowest BCUT2D eigenvalue weighted by molar-refractivity contribution is -0.214. The number of phenols is 1. The van der Waals surface area contributed by atoms with Gasteiger partial charge in [0.15, 0.2) is 0 Å². The zero-order valence-electron chi connectivity index (χ0n) is 24.0. The highest BCUT2D eigenvalue weighted by molar-refractivity contribution is 5.71. The minimum absolute atomic E-state index is 0.119. The van der Waals surface area contributed by atoms with Crippen molar-refractivity contribution in [3.05, 3.63) is 28.8 Å². The van der Waals surface area contributed by atoms with E-state index in [0.29, 0.717) is 6.42 Å². The van der Waals surface area contributed by atoms with Gasteiger partial charge in [0.25, 0.3) is 0 Å². The van der Waals surface area contributed by atoms with Crippen molar-refractivity contribution in [3.8, 4) is 5.75 Å². The molecular weight excluding hydrogens is 492 g/mol. The van der Waals surface area contributed by atoms with Crippen LogP contribution in [0, 0.1) is 0 Å². The molecule has 1 rings (SSSR count). The molecule has 0 saturated carbocycles. The van der Waals surface area contributed by atoms with Crippen molar-refractivity contribution in [2.24, 2.45) is 0 Å². The van der Waals surface area contributed by atoms with E-state index in [1.807, 2.05) is 53.7 Å². The Morgan fingerprint density at radius 3 is 1.82 bits per heavy atom. The molecule has 7 N–H and O–H groups in total. The highest BCUT2D eigenvalue weighted by atomic mass is 16.6. The third-order valence-electron chi connectivity index (χ3n) is 6.86. The van der Waals surface area contributed by atoms with Gasteiger partial charge in [-0.15, -0.1) is 0 Å². The average molecular weight is 543 g/mol. The van der Waals surface area contributed by atoms with Crippen LogP contribution >= 0.6 is 0 Å². The molecule has 0 bridgehead atoms. The molecular formula is C29H50O9. The van der Waals surface area contributed by atoms with Crippen molar-refractivity contribution in [2.45, 2.75) is 134 Å². The average Bonchev–Trinajstić information content (AvgIpc) is 2.82. The highest BCUT2D eigenvalue weighted by Gasteiger charge is 2.36. The Balaban J connectivity index is 3.26. The van der Waals surface area contributed by atoms with E-state index >= 15 is 0 Å². The van der Waals surface area contributed by atoms with Gasteiger partial charge in [-0.1, -0.05) is 86.3 Å². The zero-order chi connectivity index (χ0) is 29.4. The summed E-state index contributed by atoms with van der Waals surface area (Å²) in [5.41, 5.74) is 1.68. The second-order valence-corrected chi connectivity index (χ2v) is 12.3. The van der Waals surface area contributed by atoms with Gasteiger partial charge in [-0.3, -0.25) is 4.79 Å². The first-order chi connectivity index (χ1) is 17.4. The Labute approximate surface area is 227 Å². The third kappa shape index (κ3) is 9.77. The summed E-state index contributed by atoms with van der Waals surface area (Å²) in [4.78, 5) is 12.9. The number of rotatable bonds is 14. The topological polar surface area (TPSA) is 168 Å². The predicted molar refractivity (Wildman–Crippen MR) is 145 cm³/mol. The van der Waals surface area contributed by atoms with Crippen molar-refractivity contribution in [2.75, 3.05) is 6.61 Å². The number of carbonyl (C=O) groups excluding carboxylic acids is 1. The van der Waals surface area contributed by atoms with E-state index in [2.05, 4.69) is 6.92 Å². The smallest absolute Gasteiger partial charge is 0.308 e. The normalized spacial score (nSPS) is 17.4. The van der Waals surface area contributed by atoms with Crippen LogP contribution in [0.1, 0.15) is 110 Å². The molecule has 0 spiro atoms. The Bertz CT molecular complexity index is 837. The van der Waals surface area contributed by atoms with Crippen LogP contribution in [0.4, 0.5) is 0 Å². The number of carbonyl (C=O) groups is 1. The fourth-order valence-corrected chi connectivity index (χ4v) is 4.40. The molecule has 0 aliphatic rings. The number of phenolic OH excluding ortho intramolecular Hbond substituents is 1. The monoisotopic (exact) mass is 542 g/mol. The molecule has 0 radical (unpaired) electrons. The summed E-state index contributed by atoms with van der Waals surface area (Å²) >= 11 is 0. The maximum Gasteiger partial charge on any atom is 0.308 e. The maximum absolute atomic E-state index is 12.9. The third-order valence-corrected chi connectivity index (χ3v) is 6.86. The van der Waals surface area contributed by atoms with Gasteiger partial charge in [-0.25, -0.2) is 0 Å². The minimum Gasteiger partial charge on any atom is -0.507 e. The summed E-state index contributed by atoms with van der Waals surface area (Å²) in [6.45, 7) is 13.3. The van der Waals surface area contributed by atoms with Gasteiger partial charge in [0.2, 0.25) is 6.29 Å². The van der Waals surface area contributed by atoms with Crippen LogP contribution in [0.15, 0.2) is 12.1 Å². The number of aromatic hydroxyl groups is 1. The molecule has 0 fully saturated rings. The highest BCUT2D eigenvalue weighted by Crippen LogP contribution is 2.42. The summed E-state index contributed by atoms with van der Waals surface area (Å²) in [5, 5.41) is 69.6. The summed E-state index contributed by atoms with van der Waals surface area (Å²) in [6.07, 6.45) is -5.55. The van der Waals surface area contributed by atoms with Crippen LogP contribution in [-0.2, 0) is 20.4 Å². The molecule has 220 valence electrons. The van der Waals surface area contributed by atoms with Gasteiger partial charge in [0.1, 0.15) is 30.2 Å². The first-order valence-corrected chi connectivity index (χ1v) is 13.5. The zero-order valence-corrected chi connectivity index (χ0v) is 24.0. The molecule has 1 aromatic rings. The summed E-state index contributed by atoms with van der Waals surface area (Å²) in [7, 11) is 0. The Hall–Kier alpha value is -1.75. The van der Waals surface area contributed by atoms with E-state index in [9.17, 15) is 35.4 Å². The molecule has 0 heterocycles. The first-order valence-electron chi connectivity index (χ1n) is 13.5. The quantitative estimate of drug-likeness (QED) is 0.106. The number of esters is 1. The lowest BCUT2D eigenvalue weighted by Crippen LogP contribution is -2.51. The van der Waals surface area contributed by atoms with E-state index in [0.717, 1.165) is 42.4 Å².